The van der Waals surface area contributed by atoms with Gasteiger partial charge in [0.05, 0.1) is 25.4 Å². The van der Waals surface area contributed by atoms with Crippen molar-refractivity contribution in [2.75, 3.05) is 25.1 Å². The van der Waals surface area contributed by atoms with Gasteiger partial charge >= 0.3 is 5.97 Å². The Hall–Kier alpha value is -3.02. The zero-order valence-corrected chi connectivity index (χ0v) is 16.6. The fraction of sp³-hybridized carbons (Fsp3) is 0.364. The van der Waals surface area contributed by atoms with Gasteiger partial charge < -0.3 is 19.5 Å². The van der Waals surface area contributed by atoms with Gasteiger partial charge in [0.2, 0.25) is 0 Å². The van der Waals surface area contributed by atoms with Gasteiger partial charge in [-0.3, -0.25) is 4.79 Å². The number of carbonyl (C=O) groups excluding carboxylic acids is 2. The third kappa shape index (κ3) is 6.01. The molecule has 150 valence electrons. The van der Waals surface area contributed by atoms with Crippen LogP contribution in [0.3, 0.4) is 0 Å². The molecule has 2 aromatic rings. The summed E-state index contributed by atoms with van der Waals surface area (Å²) < 4.78 is 16.3. The molecule has 0 fully saturated rings. The second kappa shape index (κ2) is 11.0. The Bertz CT molecular complexity index is 786. The molecule has 0 saturated heterocycles. The van der Waals surface area contributed by atoms with E-state index in [1.165, 1.54) is 0 Å². The molecule has 0 aromatic heterocycles. The summed E-state index contributed by atoms with van der Waals surface area (Å²) in [5.74, 6) is 0.515. The molecule has 2 aromatic carbocycles. The van der Waals surface area contributed by atoms with Crippen LogP contribution in [0, 0.1) is 0 Å². The molecule has 1 N–H and O–H groups in total. The molecule has 0 heterocycles. The molecule has 2 rings (SSSR count). The van der Waals surface area contributed by atoms with Gasteiger partial charge in [-0.2, -0.15) is 0 Å². The maximum Gasteiger partial charge on any atom is 0.338 e. The van der Waals surface area contributed by atoms with Crippen LogP contribution in [0.5, 0.6) is 11.5 Å². The molecule has 0 unspecified atom stereocenters. The predicted octanol–water partition coefficient (Wildman–Crippen LogP) is 4.69. The molecular formula is C22H27NO5. The number of hydrogen-bond donors (Lipinski definition) is 1. The van der Waals surface area contributed by atoms with Gasteiger partial charge in [0, 0.05) is 11.3 Å². The van der Waals surface area contributed by atoms with Crippen molar-refractivity contribution < 1.29 is 23.8 Å². The first-order valence-corrected chi connectivity index (χ1v) is 9.57. The third-order valence-electron chi connectivity index (χ3n) is 3.78. The topological polar surface area (TPSA) is 73.9 Å². The van der Waals surface area contributed by atoms with Gasteiger partial charge in [-0.15, -0.1) is 0 Å². The zero-order valence-electron chi connectivity index (χ0n) is 16.6. The highest BCUT2D eigenvalue weighted by atomic mass is 16.5. The fourth-order valence-corrected chi connectivity index (χ4v) is 2.42. The van der Waals surface area contributed by atoms with Crippen LogP contribution in [0.15, 0.2) is 42.5 Å². The number of carbonyl (C=O) groups is 2. The number of amides is 1. The van der Waals surface area contributed by atoms with Crippen molar-refractivity contribution >= 4 is 17.6 Å². The Labute approximate surface area is 165 Å². The maximum atomic E-state index is 12.6. The molecule has 0 bridgehead atoms. The lowest BCUT2D eigenvalue weighted by Crippen LogP contribution is -2.13. The zero-order chi connectivity index (χ0) is 20.4. The molecule has 6 nitrogen and oxygen atoms in total. The van der Waals surface area contributed by atoms with E-state index >= 15 is 0 Å². The molecule has 0 aliphatic rings. The van der Waals surface area contributed by atoms with E-state index < -0.39 is 0 Å². The van der Waals surface area contributed by atoms with Gasteiger partial charge in [0.1, 0.15) is 0 Å². The van der Waals surface area contributed by atoms with Crippen molar-refractivity contribution in [3.05, 3.63) is 53.6 Å². The minimum Gasteiger partial charge on any atom is -0.490 e. The highest BCUT2D eigenvalue weighted by molar-refractivity contribution is 6.04. The van der Waals surface area contributed by atoms with Crippen molar-refractivity contribution in [2.24, 2.45) is 0 Å². The lowest BCUT2D eigenvalue weighted by molar-refractivity contribution is 0.0505. The van der Waals surface area contributed by atoms with Gasteiger partial charge in [0.25, 0.3) is 5.91 Å². The Kier molecular flexibility index (Phi) is 8.34. The summed E-state index contributed by atoms with van der Waals surface area (Å²) >= 11 is 0. The molecule has 0 aliphatic carbocycles. The molecule has 0 spiro atoms. The molecule has 0 atom stereocenters. The largest absolute Gasteiger partial charge is 0.490 e. The first-order chi connectivity index (χ1) is 13.6. The summed E-state index contributed by atoms with van der Waals surface area (Å²) in [6.07, 6.45) is 1.65. The van der Waals surface area contributed by atoms with Crippen LogP contribution in [0.4, 0.5) is 5.69 Å². The third-order valence-corrected chi connectivity index (χ3v) is 3.78. The van der Waals surface area contributed by atoms with E-state index in [9.17, 15) is 9.59 Å². The van der Waals surface area contributed by atoms with E-state index in [2.05, 4.69) is 5.32 Å². The van der Waals surface area contributed by atoms with E-state index in [0.717, 1.165) is 12.8 Å². The fourth-order valence-electron chi connectivity index (χ4n) is 2.42. The van der Waals surface area contributed by atoms with Crippen LogP contribution in [0.25, 0.3) is 0 Å². The molecular weight excluding hydrogens is 358 g/mol. The van der Waals surface area contributed by atoms with Crippen LogP contribution in [0.2, 0.25) is 0 Å². The Morgan fingerprint density at radius 3 is 2.14 bits per heavy atom. The van der Waals surface area contributed by atoms with E-state index in [1.54, 1.807) is 42.5 Å². The summed E-state index contributed by atoms with van der Waals surface area (Å²) in [6, 6.07) is 11.7. The van der Waals surface area contributed by atoms with E-state index in [-0.39, 0.29) is 11.9 Å². The SMILES string of the molecule is CCCOC(=O)c1ccc(NC(=O)c2ccc(OCCC)c(OCC)c2)cc1. The van der Waals surface area contributed by atoms with Crippen LogP contribution >= 0.6 is 0 Å². The quantitative estimate of drug-likeness (QED) is 0.601. The first-order valence-electron chi connectivity index (χ1n) is 9.57. The summed E-state index contributed by atoms with van der Waals surface area (Å²) in [5.41, 5.74) is 1.49. The molecule has 0 saturated carbocycles. The number of ether oxygens (including phenoxy) is 3. The van der Waals surface area contributed by atoms with Crippen molar-refractivity contribution in [1.29, 1.82) is 0 Å². The summed E-state index contributed by atoms with van der Waals surface area (Å²) in [6.45, 7) is 7.28. The number of nitrogens with one attached hydrogen (secondary N) is 1. The second-order valence-corrected chi connectivity index (χ2v) is 6.11. The van der Waals surface area contributed by atoms with Crippen molar-refractivity contribution in [1.82, 2.24) is 0 Å². The van der Waals surface area contributed by atoms with Crippen molar-refractivity contribution in [2.45, 2.75) is 33.6 Å². The number of rotatable bonds is 10. The van der Waals surface area contributed by atoms with E-state index in [1.807, 2.05) is 20.8 Å². The van der Waals surface area contributed by atoms with Crippen molar-refractivity contribution in [3.63, 3.8) is 0 Å². The summed E-state index contributed by atoms with van der Waals surface area (Å²) in [5, 5.41) is 2.81. The van der Waals surface area contributed by atoms with E-state index in [4.69, 9.17) is 14.2 Å². The monoisotopic (exact) mass is 385 g/mol. The van der Waals surface area contributed by atoms with Crippen LogP contribution in [0.1, 0.15) is 54.3 Å². The molecule has 0 aliphatic heterocycles. The van der Waals surface area contributed by atoms with Gasteiger partial charge in [-0.1, -0.05) is 13.8 Å². The highest BCUT2D eigenvalue weighted by Crippen LogP contribution is 2.29. The Morgan fingerprint density at radius 1 is 0.821 bits per heavy atom. The Balaban J connectivity index is 2.07. The van der Waals surface area contributed by atoms with Crippen LogP contribution < -0.4 is 14.8 Å². The average Bonchev–Trinajstić information content (AvgIpc) is 2.71. The first kappa shape index (κ1) is 21.3. The van der Waals surface area contributed by atoms with Crippen LogP contribution in [-0.2, 0) is 4.74 Å². The standard InChI is InChI=1S/C22H27NO5/c1-4-13-27-19-12-9-17(15-20(19)26-6-3)21(24)23-18-10-7-16(8-11-18)22(25)28-14-5-2/h7-12,15H,4-6,13-14H2,1-3H3,(H,23,24). The Morgan fingerprint density at radius 2 is 1.50 bits per heavy atom. The van der Waals surface area contributed by atoms with Crippen molar-refractivity contribution in [3.8, 4) is 11.5 Å². The van der Waals surface area contributed by atoms with Gasteiger partial charge in [0.15, 0.2) is 11.5 Å². The summed E-state index contributed by atoms with van der Waals surface area (Å²) in [4.78, 5) is 24.4. The highest BCUT2D eigenvalue weighted by Gasteiger charge is 2.13. The van der Waals surface area contributed by atoms with Gasteiger partial charge in [-0.25, -0.2) is 4.79 Å². The minimum absolute atomic E-state index is 0.274. The maximum absolute atomic E-state index is 12.6. The number of anilines is 1. The van der Waals surface area contributed by atoms with Gasteiger partial charge in [-0.05, 0) is 62.2 Å². The lowest BCUT2D eigenvalue weighted by Gasteiger charge is -2.13. The number of benzene rings is 2. The van der Waals surface area contributed by atoms with E-state index in [0.29, 0.717) is 48.1 Å². The normalized spacial score (nSPS) is 10.2. The molecule has 0 radical (unpaired) electrons. The molecule has 6 heteroatoms. The molecule has 28 heavy (non-hydrogen) atoms. The lowest BCUT2D eigenvalue weighted by atomic mass is 10.1. The molecule has 1 amide bonds. The smallest absolute Gasteiger partial charge is 0.338 e. The van der Waals surface area contributed by atoms with Crippen LogP contribution in [-0.4, -0.2) is 31.7 Å². The minimum atomic E-state index is -0.372. The summed E-state index contributed by atoms with van der Waals surface area (Å²) in [7, 11) is 0. The number of esters is 1. The second-order valence-electron chi connectivity index (χ2n) is 6.11. The predicted molar refractivity (Wildman–Crippen MR) is 108 cm³/mol. The number of hydrogen-bond acceptors (Lipinski definition) is 5. The average molecular weight is 385 g/mol.